The van der Waals surface area contributed by atoms with E-state index in [1.807, 2.05) is 24.3 Å². The van der Waals surface area contributed by atoms with E-state index in [-0.39, 0.29) is 5.75 Å². The molecule has 0 heterocycles. The number of nitrogens with one attached hydrogen (secondary N) is 1. The third-order valence-corrected chi connectivity index (χ3v) is 3.25. The smallest absolute Gasteiger partial charge is 0.124 e. The van der Waals surface area contributed by atoms with Crippen molar-refractivity contribution in [1.29, 1.82) is 0 Å². The fourth-order valence-corrected chi connectivity index (χ4v) is 1.97. The molecule has 0 bridgehead atoms. The largest absolute Gasteiger partial charge is 0.507 e. The molecule has 0 radical (unpaired) electrons. The third kappa shape index (κ3) is 3.58. The Hall–Kier alpha value is -1.33. The number of hydrogen-bond donors (Lipinski definition) is 2. The number of benzene rings is 2. The maximum absolute atomic E-state index is 9.62. The number of anilines is 1. The minimum Gasteiger partial charge on any atom is -0.507 e. The van der Waals surface area contributed by atoms with Crippen LogP contribution in [0.15, 0.2) is 56.5 Å². The summed E-state index contributed by atoms with van der Waals surface area (Å²) in [6, 6.07) is 12.8. The van der Waals surface area contributed by atoms with E-state index in [9.17, 15) is 5.11 Å². The van der Waals surface area contributed by atoms with Gasteiger partial charge in [-0.2, -0.15) is 5.10 Å². The lowest BCUT2D eigenvalue weighted by atomic mass is 10.2. The van der Waals surface area contributed by atoms with E-state index in [0.717, 1.165) is 14.6 Å². The van der Waals surface area contributed by atoms with E-state index in [0.29, 0.717) is 5.56 Å². The van der Waals surface area contributed by atoms with Gasteiger partial charge in [0.25, 0.3) is 0 Å². The van der Waals surface area contributed by atoms with Gasteiger partial charge in [-0.3, -0.25) is 5.43 Å². The highest BCUT2D eigenvalue weighted by Crippen LogP contribution is 2.20. The Labute approximate surface area is 122 Å². The van der Waals surface area contributed by atoms with Gasteiger partial charge in [0.2, 0.25) is 0 Å². The minimum absolute atomic E-state index is 0.194. The maximum atomic E-state index is 9.62. The van der Waals surface area contributed by atoms with Crippen molar-refractivity contribution >= 4 is 43.8 Å². The summed E-state index contributed by atoms with van der Waals surface area (Å²) in [5.74, 6) is 0.194. The molecule has 0 aliphatic rings. The number of hydrazone groups is 1. The molecule has 5 heteroatoms. The second kappa shape index (κ2) is 6.02. The Balaban J connectivity index is 2.07. The average Bonchev–Trinajstić information content (AvgIpc) is 2.36. The third-order valence-electron chi connectivity index (χ3n) is 2.23. The van der Waals surface area contributed by atoms with Gasteiger partial charge in [-0.1, -0.05) is 31.9 Å². The highest BCUT2D eigenvalue weighted by molar-refractivity contribution is 9.10. The normalized spacial score (nSPS) is 10.8. The monoisotopic (exact) mass is 368 g/mol. The Morgan fingerprint density at radius 1 is 1.00 bits per heavy atom. The summed E-state index contributed by atoms with van der Waals surface area (Å²) in [6.07, 6.45) is 1.57. The van der Waals surface area contributed by atoms with Crippen LogP contribution in [0.4, 0.5) is 5.69 Å². The van der Waals surface area contributed by atoms with Crippen LogP contribution in [-0.4, -0.2) is 11.3 Å². The first-order chi connectivity index (χ1) is 8.65. The molecule has 92 valence electrons. The van der Waals surface area contributed by atoms with Crippen molar-refractivity contribution in [3.05, 3.63) is 57.0 Å². The number of phenols is 1. The van der Waals surface area contributed by atoms with Crippen LogP contribution in [0.25, 0.3) is 0 Å². The fraction of sp³-hybridized carbons (Fsp3) is 0. The molecule has 0 spiro atoms. The molecule has 0 amide bonds. The van der Waals surface area contributed by atoms with E-state index in [1.54, 1.807) is 24.4 Å². The van der Waals surface area contributed by atoms with Crippen LogP contribution < -0.4 is 5.43 Å². The van der Waals surface area contributed by atoms with Crippen molar-refractivity contribution in [2.24, 2.45) is 5.10 Å². The Morgan fingerprint density at radius 3 is 2.39 bits per heavy atom. The topological polar surface area (TPSA) is 44.6 Å². The molecule has 0 aliphatic carbocycles. The summed E-state index contributed by atoms with van der Waals surface area (Å²) in [5, 5.41) is 13.7. The van der Waals surface area contributed by atoms with Crippen LogP contribution >= 0.6 is 31.9 Å². The number of halogens is 2. The summed E-state index contributed by atoms with van der Waals surface area (Å²) in [7, 11) is 0. The second-order valence-electron chi connectivity index (χ2n) is 3.58. The van der Waals surface area contributed by atoms with Gasteiger partial charge in [-0.15, -0.1) is 0 Å². The molecule has 2 rings (SSSR count). The predicted molar refractivity (Wildman–Crippen MR) is 81.2 cm³/mol. The van der Waals surface area contributed by atoms with Gasteiger partial charge in [0.1, 0.15) is 5.75 Å². The van der Waals surface area contributed by atoms with Gasteiger partial charge in [0.05, 0.1) is 11.9 Å². The lowest BCUT2D eigenvalue weighted by Crippen LogP contribution is -1.90. The van der Waals surface area contributed by atoms with Gasteiger partial charge in [-0.25, -0.2) is 0 Å². The molecule has 0 aromatic heterocycles. The van der Waals surface area contributed by atoms with Crippen LogP contribution in [-0.2, 0) is 0 Å². The Kier molecular flexibility index (Phi) is 4.38. The van der Waals surface area contributed by atoms with Gasteiger partial charge in [0, 0.05) is 14.5 Å². The van der Waals surface area contributed by atoms with E-state index in [1.165, 1.54) is 0 Å². The van der Waals surface area contributed by atoms with Crippen LogP contribution in [0, 0.1) is 0 Å². The molecule has 0 unspecified atom stereocenters. The lowest BCUT2D eigenvalue weighted by Gasteiger charge is -2.01. The zero-order valence-corrected chi connectivity index (χ0v) is 12.4. The summed E-state index contributed by atoms with van der Waals surface area (Å²) in [4.78, 5) is 0. The maximum Gasteiger partial charge on any atom is 0.124 e. The van der Waals surface area contributed by atoms with Crippen molar-refractivity contribution in [2.45, 2.75) is 0 Å². The van der Waals surface area contributed by atoms with E-state index in [2.05, 4.69) is 42.4 Å². The average molecular weight is 370 g/mol. The number of nitrogens with zero attached hydrogens (tertiary/aromatic N) is 1. The first-order valence-electron chi connectivity index (χ1n) is 5.18. The first kappa shape index (κ1) is 13.1. The minimum atomic E-state index is 0.194. The summed E-state index contributed by atoms with van der Waals surface area (Å²) in [5.41, 5.74) is 4.42. The standard InChI is InChI=1S/C13H10Br2N2O/c14-10-1-4-12(5-2-10)17-16-8-9-7-11(15)3-6-13(9)18/h1-8,17-18H/b16-8+. The van der Waals surface area contributed by atoms with Crippen LogP contribution in [0.5, 0.6) is 5.75 Å². The molecule has 3 nitrogen and oxygen atoms in total. The molecule has 2 aromatic carbocycles. The van der Waals surface area contributed by atoms with Crippen molar-refractivity contribution in [2.75, 3.05) is 5.43 Å². The quantitative estimate of drug-likeness (QED) is 0.623. The van der Waals surface area contributed by atoms with Crippen LogP contribution in [0.3, 0.4) is 0 Å². The zero-order chi connectivity index (χ0) is 13.0. The van der Waals surface area contributed by atoms with Gasteiger partial charge < -0.3 is 5.11 Å². The summed E-state index contributed by atoms with van der Waals surface area (Å²) < 4.78 is 1.91. The van der Waals surface area contributed by atoms with Crippen LogP contribution in [0.1, 0.15) is 5.56 Å². The molecule has 0 saturated heterocycles. The number of hydrogen-bond acceptors (Lipinski definition) is 3. The molecule has 2 aromatic rings. The molecule has 0 atom stereocenters. The Bertz CT molecular complexity index is 568. The highest BCUT2D eigenvalue weighted by Gasteiger charge is 1.98. The molecule has 0 aliphatic heterocycles. The molecule has 0 saturated carbocycles. The van der Waals surface area contributed by atoms with Gasteiger partial charge in [0.15, 0.2) is 0 Å². The summed E-state index contributed by atoms with van der Waals surface area (Å²) >= 11 is 6.71. The Morgan fingerprint density at radius 2 is 1.67 bits per heavy atom. The highest BCUT2D eigenvalue weighted by atomic mass is 79.9. The molecule has 0 fully saturated rings. The number of phenolic OH excluding ortho intramolecular Hbond substituents is 1. The summed E-state index contributed by atoms with van der Waals surface area (Å²) in [6.45, 7) is 0. The van der Waals surface area contributed by atoms with Gasteiger partial charge in [-0.05, 0) is 42.5 Å². The zero-order valence-electron chi connectivity index (χ0n) is 9.27. The lowest BCUT2D eigenvalue weighted by molar-refractivity contribution is 0.474. The fourth-order valence-electron chi connectivity index (χ4n) is 1.33. The number of rotatable bonds is 3. The van der Waals surface area contributed by atoms with Crippen molar-refractivity contribution in [3.8, 4) is 5.75 Å². The molecular formula is C13H10Br2N2O. The molecule has 2 N–H and O–H groups in total. The van der Waals surface area contributed by atoms with Crippen molar-refractivity contribution < 1.29 is 5.11 Å². The van der Waals surface area contributed by atoms with Crippen molar-refractivity contribution in [1.82, 2.24) is 0 Å². The van der Waals surface area contributed by atoms with Crippen molar-refractivity contribution in [3.63, 3.8) is 0 Å². The number of aromatic hydroxyl groups is 1. The molecule has 18 heavy (non-hydrogen) atoms. The van der Waals surface area contributed by atoms with Crippen LogP contribution in [0.2, 0.25) is 0 Å². The van der Waals surface area contributed by atoms with E-state index in [4.69, 9.17) is 0 Å². The predicted octanol–water partition coefficient (Wildman–Crippen LogP) is 4.36. The first-order valence-corrected chi connectivity index (χ1v) is 6.77. The van der Waals surface area contributed by atoms with E-state index < -0.39 is 0 Å². The molecular weight excluding hydrogens is 360 g/mol. The van der Waals surface area contributed by atoms with E-state index >= 15 is 0 Å². The van der Waals surface area contributed by atoms with Gasteiger partial charge >= 0.3 is 0 Å². The second-order valence-corrected chi connectivity index (χ2v) is 5.41. The SMILES string of the molecule is Oc1ccc(Br)cc1/C=N/Nc1ccc(Br)cc1.